The molecule has 0 radical (unpaired) electrons. The van der Waals surface area contributed by atoms with E-state index in [0.29, 0.717) is 29.3 Å². The molecule has 0 bridgehead atoms. The van der Waals surface area contributed by atoms with E-state index < -0.39 is 0 Å². The van der Waals surface area contributed by atoms with Gasteiger partial charge in [-0.3, -0.25) is 4.99 Å². The SMILES string of the molecule is CC(C)C[C@@H](N)C1=Nc2cc(F)c(-c3cnco3)cc2C1. The minimum Gasteiger partial charge on any atom is -0.443 e. The fraction of sp³-hybridized carbons (Fsp3) is 0.375. The Balaban J connectivity index is 1.88. The van der Waals surface area contributed by atoms with Crippen LogP contribution in [0.15, 0.2) is 34.1 Å². The molecule has 1 atom stereocenters. The Morgan fingerprint density at radius 2 is 2.19 bits per heavy atom. The number of aromatic nitrogens is 1. The highest BCUT2D eigenvalue weighted by molar-refractivity contribution is 5.98. The maximum Gasteiger partial charge on any atom is 0.181 e. The second-order valence-electron chi connectivity index (χ2n) is 5.84. The second-order valence-corrected chi connectivity index (χ2v) is 5.84. The van der Waals surface area contributed by atoms with Crippen LogP contribution < -0.4 is 5.73 Å². The van der Waals surface area contributed by atoms with E-state index in [-0.39, 0.29) is 11.9 Å². The van der Waals surface area contributed by atoms with E-state index in [1.807, 2.05) is 0 Å². The molecule has 0 amide bonds. The molecule has 1 aliphatic rings. The summed E-state index contributed by atoms with van der Waals surface area (Å²) in [5.74, 6) is 0.580. The molecule has 3 rings (SSSR count). The number of aliphatic imine (C=N–C) groups is 1. The molecule has 4 nitrogen and oxygen atoms in total. The van der Waals surface area contributed by atoms with Crippen LogP contribution >= 0.6 is 0 Å². The van der Waals surface area contributed by atoms with Gasteiger partial charge in [0.25, 0.3) is 0 Å². The van der Waals surface area contributed by atoms with E-state index in [2.05, 4.69) is 23.8 Å². The van der Waals surface area contributed by atoms with Crippen LogP contribution in [0.5, 0.6) is 0 Å². The van der Waals surface area contributed by atoms with Crippen molar-refractivity contribution in [2.45, 2.75) is 32.7 Å². The summed E-state index contributed by atoms with van der Waals surface area (Å²) in [5, 5.41) is 0. The summed E-state index contributed by atoms with van der Waals surface area (Å²) in [5.41, 5.74) is 9.17. The van der Waals surface area contributed by atoms with Crippen molar-refractivity contribution < 1.29 is 8.81 Å². The smallest absolute Gasteiger partial charge is 0.181 e. The molecular weight excluding hydrogens is 269 g/mol. The van der Waals surface area contributed by atoms with E-state index in [1.54, 1.807) is 6.07 Å². The Kier molecular flexibility index (Phi) is 3.59. The zero-order valence-electron chi connectivity index (χ0n) is 12.1. The lowest BCUT2D eigenvalue weighted by Crippen LogP contribution is -2.31. The molecule has 110 valence electrons. The molecule has 2 heterocycles. The lowest BCUT2D eigenvalue weighted by molar-refractivity contribution is 0.558. The molecule has 0 saturated heterocycles. The third kappa shape index (κ3) is 2.74. The van der Waals surface area contributed by atoms with Gasteiger partial charge in [-0.15, -0.1) is 0 Å². The van der Waals surface area contributed by atoms with Gasteiger partial charge in [-0.1, -0.05) is 13.8 Å². The van der Waals surface area contributed by atoms with Crippen molar-refractivity contribution in [3.8, 4) is 11.3 Å². The van der Waals surface area contributed by atoms with E-state index in [9.17, 15) is 4.39 Å². The first kappa shape index (κ1) is 13.9. The third-order valence-electron chi connectivity index (χ3n) is 3.66. The molecule has 0 aliphatic carbocycles. The van der Waals surface area contributed by atoms with Crippen molar-refractivity contribution in [3.05, 3.63) is 36.1 Å². The molecule has 0 fully saturated rings. The molecule has 2 N–H and O–H groups in total. The summed E-state index contributed by atoms with van der Waals surface area (Å²) in [6.45, 7) is 4.26. The van der Waals surface area contributed by atoms with E-state index in [4.69, 9.17) is 10.2 Å². The lowest BCUT2D eigenvalue weighted by atomic mass is 9.97. The first-order valence-corrected chi connectivity index (χ1v) is 7.09. The average Bonchev–Trinajstić information content (AvgIpc) is 3.04. The fourth-order valence-electron chi connectivity index (χ4n) is 2.64. The number of fused-ring (bicyclic) bond motifs is 1. The largest absolute Gasteiger partial charge is 0.443 e. The van der Waals surface area contributed by atoms with Gasteiger partial charge in [0.1, 0.15) is 5.82 Å². The second kappa shape index (κ2) is 5.41. The summed E-state index contributed by atoms with van der Waals surface area (Å²) >= 11 is 0. The zero-order valence-corrected chi connectivity index (χ0v) is 12.1. The van der Waals surface area contributed by atoms with Crippen LogP contribution in [0.2, 0.25) is 0 Å². The molecule has 1 aromatic carbocycles. The monoisotopic (exact) mass is 287 g/mol. The Morgan fingerprint density at radius 1 is 1.38 bits per heavy atom. The third-order valence-corrected chi connectivity index (χ3v) is 3.66. The molecule has 0 unspecified atom stereocenters. The number of oxazole rings is 1. The highest BCUT2D eigenvalue weighted by atomic mass is 19.1. The quantitative estimate of drug-likeness (QED) is 0.936. The van der Waals surface area contributed by atoms with Crippen molar-refractivity contribution in [1.82, 2.24) is 4.98 Å². The number of halogens is 1. The van der Waals surface area contributed by atoms with Crippen molar-refractivity contribution in [1.29, 1.82) is 0 Å². The zero-order chi connectivity index (χ0) is 15.0. The number of benzene rings is 1. The van der Waals surface area contributed by atoms with Gasteiger partial charge in [-0.2, -0.15) is 0 Å². The van der Waals surface area contributed by atoms with Gasteiger partial charge in [0.05, 0.1) is 17.4 Å². The summed E-state index contributed by atoms with van der Waals surface area (Å²) < 4.78 is 19.3. The lowest BCUT2D eigenvalue weighted by Gasteiger charge is -2.13. The van der Waals surface area contributed by atoms with Gasteiger partial charge in [0.2, 0.25) is 0 Å². The Hall–Kier alpha value is -2.01. The molecule has 5 heteroatoms. The average molecular weight is 287 g/mol. The normalized spacial score (nSPS) is 15.2. The van der Waals surface area contributed by atoms with Gasteiger partial charge in [-0.25, -0.2) is 9.37 Å². The highest BCUT2D eigenvalue weighted by Gasteiger charge is 2.23. The fourth-order valence-corrected chi connectivity index (χ4v) is 2.64. The molecule has 2 aromatic rings. The minimum absolute atomic E-state index is 0.0748. The van der Waals surface area contributed by atoms with Crippen molar-refractivity contribution >= 4 is 11.4 Å². The number of rotatable bonds is 4. The minimum atomic E-state index is -0.354. The predicted octanol–water partition coefficient (Wildman–Crippen LogP) is 3.48. The molecule has 1 aliphatic heterocycles. The van der Waals surface area contributed by atoms with Crippen LogP contribution in [0.25, 0.3) is 11.3 Å². The van der Waals surface area contributed by atoms with Gasteiger partial charge < -0.3 is 10.2 Å². The number of hydrogen-bond donors (Lipinski definition) is 1. The Bertz CT molecular complexity index is 677. The number of hydrogen-bond acceptors (Lipinski definition) is 4. The Morgan fingerprint density at radius 3 is 2.86 bits per heavy atom. The van der Waals surface area contributed by atoms with Crippen LogP contribution in [0.1, 0.15) is 25.8 Å². The van der Waals surface area contributed by atoms with Gasteiger partial charge in [0, 0.05) is 24.2 Å². The Labute approximate surface area is 122 Å². The number of nitrogens with zero attached hydrogens (tertiary/aromatic N) is 2. The van der Waals surface area contributed by atoms with Crippen molar-refractivity contribution in [3.63, 3.8) is 0 Å². The maximum absolute atomic E-state index is 14.2. The topological polar surface area (TPSA) is 64.4 Å². The summed E-state index contributed by atoms with van der Waals surface area (Å²) in [4.78, 5) is 8.32. The van der Waals surface area contributed by atoms with E-state index >= 15 is 0 Å². The van der Waals surface area contributed by atoms with Crippen LogP contribution in [-0.2, 0) is 6.42 Å². The predicted molar refractivity (Wildman–Crippen MR) is 80.1 cm³/mol. The van der Waals surface area contributed by atoms with E-state index in [0.717, 1.165) is 17.7 Å². The van der Waals surface area contributed by atoms with Gasteiger partial charge in [0.15, 0.2) is 12.2 Å². The van der Waals surface area contributed by atoms with Crippen LogP contribution in [0.4, 0.5) is 10.1 Å². The summed E-state index contributed by atoms with van der Waals surface area (Å²) in [6.07, 6.45) is 4.35. The van der Waals surface area contributed by atoms with Crippen LogP contribution in [0.3, 0.4) is 0 Å². The molecule has 0 spiro atoms. The molecule has 0 saturated carbocycles. The molecule has 1 aromatic heterocycles. The van der Waals surface area contributed by atoms with Gasteiger partial charge in [-0.05, 0) is 24.0 Å². The first-order valence-electron chi connectivity index (χ1n) is 7.09. The standard InChI is InChI=1S/C16H18FN3O/c1-9(2)3-13(18)15-5-10-4-11(16-7-19-8-21-16)12(17)6-14(10)20-15/h4,6-9,13H,3,5,18H2,1-2H3/t13-/m1/s1. The van der Waals surface area contributed by atoms with Crippen LogP contribution in [-0.4, -0.2) is 16.7 Å². The van der Waals surface area contributed by atoms with Gasteiger partial charge >= 0.3 is 0 Å². The molecular formula is C16H18FN3O. The van der Waals surface area contributed by atoms with Crippen LogP contribution in [0, 0.1) is 11.7 Å². The maximum atomic E-state index is 14.2. The first-order chi connectivity index (χ1) is 10.0. The van der Waals surface area contributed by atoms with Crippen molar-refractivity contribution in [2.24, 2.45) is 16.6 Å². The van der Waals surface area contributed by atoms with Crippen molar-refractivity contribution in [2.75, 3.05) is 0 Å². The summed E-state index contributed by atoms with van der Waals surface area (Å²) in [6, 6.07) is 3.15. The summed E-state index contributed by atoms with van der Waals surface area (Å²) in [7, 11) is 0. The highest BCUT2D eigenvalue weighted by Crippen LogP contribution is 2.34. The molecule has 21 heavy (non-hydrogen) atoms. The number of nitrogens with two attached hydrogens (primary N) is 1. The van der Waals surface area contributed by atoms with E-state index in [1.165, 1.54) is 18.7 Å².